The van der Waals surface area contributed by atoms with Crippen LogP contribution in [0.5, 0.6) is 5.75 Å². The molecule has 9 heteroatoms. The standard InChI is InChI=1S/C31H30IN5O3/c1-39-16-17-40-25-9-10-27-26(19-25)33-20-37(27)29-11-8-21-4-3-7-28(30(21)35-29)36-14-12-24(13-15-36)34-31(38)22-5-2-6-23(32)18-22/h2-11,18-20,24H,12-17H2,1H3,(H,34,38). The molecule has 1 aliphatic heterocycles. The molecule has 1 saturated heterocycles. The molecule has 1 N–H and O–H groups in total. The number of para-hydroxylation sites is 1. The van der Waals surface area contributed by atoms with E-state index in [2.05, 4.69) is 62.1 Å². The van der Waals surface area contributed by atoms with Crippen LogP contribution in [0.25, 0.3) is 27.8 Å². The van der Waals surface area contributed by atoms with Crippen molar-refractivity contribution in [1.29, 1.82) is 0 Å². The number of pyridine rings is 1. The van der Waals surface area contributed by atoms with E-state index in [9.17, 15) is 4.79 Å². The predicted molar refractivity (Wildman–Crippen MR) is 166 cm³/mol. The topological polar surface area (TPSA) is 81.5 Å². The minimum Gasteiger partial charge on any atom is -0.491 e. The first-order valence-corrected chi connectivity index (χ1v) is 14.5. The highest BCUT2D eigenvalue weighted by Gasteiger charge is 2.23. The number of aromatic nitrogens is 3. The number of methoxy groups -OCH3 is 1. The number of ether oxygens (including phenoxy) is 2. The number of nitrogens with zero attached hydrogens (tertiary/aromatic N) is 4. The van der Waals surface area contributed by atoms with Crippen LogP contribution in [0.1, 0.15) is 23.2 Å². The van der Waals surface area contributed by atoms with Gasteiger partial charge in [-0.15, -0.1) is 0 Å². The monoisotopic (exact) mass is 647 g/mol. The van der Waals surface area contributed by atoms with E-state index in [4.69, 9.17) is 14.5 Å². The minimum atomic E-state index is -0.00495. The van der Waals surface area contributed by atoms with Gasteiger partial charge < -0.3 is 19.7 Å². The van der Waals surface area contributed by atoms with Gasteiger partial charge in [0.15, 0.2) is 0 Å². The fourth-order valence-corrected chi connectivity index (χ4v) is 5.72. The number of rotatable bonds is 8. The Morgan fingerprint density at radius 3 is 2.70 bits per heavy atom. The van der Waals surface area contributed by atoms with Crippen molar-refractivity contribution in [3.05, 3.63) is 88.3 Å². The molecule has 1 aliphatic rings. The summed E-state index contributed by atoms with van der Waals surface area (Å²) in [4.78, 5) is 24.8. The molecule has 0 bridgehead atoms. The summed E-state index contributed by atoms with van der Waals surface area (Å²) >= 11 is 2.24. The van der Waals surface area contributed by atoms with Gasteiger partial charge in [0.25, 0.3) is 5.91 Å². The molecule has 0 atom stereocenters. The van der Waals surface area contributed by atoms with Crippen molar-refractivity contribution in [3.8, 4) is 11.6 Å². The predicted octanol–water partition coefficient (Wildman–Crippen LogP) is 5.60. The van der Waals surface area contributed by atoms with Gasteiger partial charge in [-0.05, 0) is 84.0 Å². The average molecular weight is 648 g/mol. The Morgan fingerprint density at radius 1 is 1.02 bits per heavy atom. The maximum Gasteiger partial charge on any atom is 0.251 e. The number of imidazole rings is 1. The third kappa shape index (κ3) is 5.62. The van der Waals surface area contributed by atoms with Crippen LogP contribution in [0.3, 0.4) is 0 Å². The number of nitrogens with one attached hydrogen (secondary N) is 1. The van der Waals surface area contributed by atoms with E-state index >= 15 is 0 Å². The van der Waals surface area contributed by atoms with Gasteiger partial charge in [-0.2, -0.15) is 0 Å². The first kappa shape index (κ1) is 26.5. The number of piperidine rings is 1. The molecule has 0 aliphatic carbocycles. The summed E-state index contributed by atoms with van der Waals surface area (Å²) in [5.41, 5.74) is 4.59. The third-order valence-corrected chi connectivity index (χ3v) is 7.93. The SMILES string of the molecule is COCCOc1ccc2c(c1)ncn2-c1ccc2cccc(N3CCC(NC(=O)c4cccc(I)c4)CC3)c2n1. The Morgan fingerprint density at radius 2 is 1.88 bits per heavy atom. The van der Waals surface area contributed by atoms with E-state index in [1.54, 1.807) is 7.11 Å². The number of carbonyl (C=O) groups excluding carboxylic acids is 1. The van der Waals surface area contributed by atoms with Gasteiger partial charge in [-0.25, -0.2) is 9.97 Å². The number of amides is 1. The smallest absolute Gasteiger partial charge is 0.251 e. The molecule has 40 heavy (non-hydrogen) atoms. The van der Waals surface area contributed by atoms with Gasteiger partial charge in [-0.3, -0.25) is 9.36 Å². The van der Waals surface area contributed by atoms with E-state index in [0.717, 1.165) is 68.7 Å². The average Bonchev–Trinajstić information content (AvgIpc) is 3.40. The van der Waals surface area contributed by atoms with Crippen LogP contribution in [-0.2, 0) is 4.74 Å². The Bertz CT molecular complexity index is 1660. The van der Waals surface area contributed by atoms with E-state index in [1.807, 2.05) is 59.4 Å². The molecular formula is C31H30IN5O3. The van der Waals surface area contributed by atoms with E-state index in [0.29, 0.717) is 18.8 Å². The maximum atomic E-state index is 12.8. The molecule has 0 radical (unpaired) electrons. The fraction of sp³-hybridized carbons (Fsp3) is 0.258. The molecule has 204 valence electrons. The van der Waals surface area contributed by atoms with Crippen molar-refractivity contribution in [1.82, 2.24) is 19.9 Å². The summed E-state index contributed by atoms with van der Waals surface area (Å²) in [7, 11) is 1.66. The molecule has 5 aromatic rings. The highest BCUT2D eigenvalue weighted by molar-refractivity contribution is 14.1. The molecule has 1 amide bonds. The van der Waals surface area contributed by atoms with Gasteiger partial charge in [0.1, 0.15) is 24.5 Å². The molecular weight excluding hydrogens is 617 g/mol. The Kier molecular flexibility index (Phi) is 7.83. The number of halogens is 1. The number of fused-ring (bicyclic) bond motifs is 2. The molecule has 8 nitrogen and oxygen atoms in total. The lowest BCUT2D eigenvalue weighted by molar-refractivity contribution is 0.0931. The molecule has 0 unspecified atom stereocenters. The van der Waals surface area contributed by atoms with Gasteiger partial charge >= 0.3 is 0 Å². The quantitative estimate of drug-likeness (QED) is 0.175. The Balaban J connectivity index is 1.20. The Labute approximate surface area is 246 Å². The van der Waals surface area contributed by atoms with Crippen LogP contribution in [0.15, 0.2) is 79.1 Å². The zero-order valence-corrected chi connectivity index (χ0v) is 24.4. The van der Waals surface area contributed by atoms with Crippen molar-refractivity contribution in [3.63, 3.8) is 0 Å². The first-order chi connectivity index (χ1) is 19.6. The summed E-state index contributed by atoms with van der Waals surface area (Å²) in [6.07, 6.45) is 3.57. The highest BCUT2D eigenvalue weighted by Crippen LogP contribution is 2.30. The summed E-state index contributed by atoms with van der Waals surface area (Å²) in [6, 6.07) is 24.2. The van der Waals surface area contributed by atoms with Crippen molar-refractivity contribution in [2.75, 3.05) is 38.3 Å². The molecule has 3 aromatic carbocycles. The third-order valence-electron chi connectivity index (χ3n) is 7.26. The summed E-state index contributed by atoms with van der Waals surface area (Å²) < 4.78 is 13.9. The Hall–Kier alpha value is -3.70. The molecule has 3 heterocycles. The number of hydrogen-bond donors (Lipinski definition) is 1. The van der Waals surface area contributed by atoms with Crippen LogP contribution in [-0.4, -0.2) is 59.9 Å². The molecule has 0 saturated carbocycles. The second kappa shape index (κ2) is 11.8. The van der Waals surface area contributed by atoms with Crippen LogP contribution in [0, 0.1) is 3.57 Å². The second-order valence-electron chi connectivity index (χ2n) is 9.87. The minimum absolute atomic E-state index is 0.00495. The van der Waals surface area contributed by atoms with E-state index in [1.165, 1.54) is 0 Å². The van der Waals surface area contributed by atoms with Crippen LogP contribution in [0.4, 0.5) is 5.69 Å². The van der Waals surface area contributed by atoms with Crippen LogP contribution >= 0.6 is 22.6 Å². The summed E-state index contributed by atoms with van der Waals surface area (Å²) in [5, 5.41) is 4.32. The zero-order chi connectivity index (χ0) is 27.5. The van der Waals surface area contributed by atoms with Crippen LogP contribution in [0.2, 0.25) is 0 Å². The van der Waals surface area contributed by atoms with Gasteiger partial charge in [0.05, 0.1) is 28.8 Å². The number of carbonyl (C=O) groups is 1. The van der Waals surface area contributed by atoms with E-state index in [-0.39, 0.29) is 11.9 Å². The molecule has 6 rings (SSSR count). The summed E-state index contributed by atoms with van der Waals surface area (Å²) in [6.45, 7) is 2.73. The summed E-state index contributed by atoms with van der Waals surface area (Å²) in [5.74, 6) is 1.58. The van der Waals surface area contributed by atoms with Crippen molar-refractivity contribution in [2.24, 2.45) is 0 Å². The normalized spacial score (nSPS) is 14.1. The van der Waals surface area contributed by atoms with Crippen LogP contribution < -0.4 is 15.0 Å². The highest BCUT2D eigenvalue weighted by atomic mass is 127. The van der Waals surface area contributed by atoms with Gasteiger partial charge in [-0.1, -0.05) is 18.2 Å². The fourth-order valence-electron chi connectivity index (χ4n) is 5.18. The number of benzene rings is 3. The van der Waals surface area contributed by atoms with Crippen molar-refractivity contribution >= 4 is 56.1 Å². The largest absolute Gasteiger partial charge is 0.491 e. The molecule has 2 aromatic heterocycles. The first-order valence-electron chi connectivity index (χ1n) is 13.4. The van der Waals surface area contributed by atoms with Gasteiger partial charge in [0, 0.05) is 46.8 Å². The number of hydrogen-bond acceptors (Lipinski definition) is 6. The number of anilines is 1. The maximum absolute atomic E-state index is 12.8. The second-order valence-corrected chi connectivity index (χ2v) is 11.1. The molecule has 0 spiro atoms. The van der Waals surface area contributed by atoms with Crippen molar-refractivity contribution < 1.29 is 14.3 Å². The van der Waals surface area contributed by atoms with E-state index < -0.39 is 0 Å². The lowest BCUT2D eigenvalue weighted by atomic mass is 10.0. The zero-order valence-electron chi connectivity index (χ0n) is 22.2. The lowest BCUT2D eigenvalue weighted by Crippen LogP contribution is -2.44. The van der Waals surface area contributed by atoms with Gasteiger partial charge in [0.2, 0.25) is 0 Å². The lowest BCUT2D eigenvalue weighted by Gasteiger charge is -2.34. The molecule has 1 fully saturated rings. The van der Waals surface area contributed by atoms with Crippen molar-refractivity contribution in [2.45, 2.75) is 18.9 Å².